The monoisotopic (exact) mass is 770 g/mol. The van der Waals surface area contributed by atoms with Crippen LogP contribution >= 0.6 is 0 Å². The summed E-state index contributed by atoms with van der Waals surface area (Å²) in [6.07, 6.45) is 12.8. The molecular weight excluding hydrogens is 713 g/mol. The molecule has 0 radical (unpaired) electrons. The van der Waals surface area contributed by atoms with Gasteiger partial charge in [-0.25, -0.2) is 0 Å². The molecule has 0 unspecified atom stereocenters. The average Bonchev–Trinajstić information content (AvgIpc) is 3.76. The second kappa shape index (κ2) is 16.8. The molecule has 1 aliphatic rings. The highest BCUT2D eigenvalue weighted by molar-refractivity contribution is 6.11. The number of unbranched alkanes of at least 4 members (excludes halogenated alkanes) is 6. The molecule has 0 bridgehead atoms. The Labute approximate surface area is 352 Å². The predicted molar refractivity (Wildman–Crippen MR) is 255 cm³/mol. The Morgan fingerprint density at radius 3 is 1.59 bits per heavy atom. The molecule has 0 fully saturated rings. The molecule has 59 heavy (non-hydrogen) atoms. The molecule has 1 aliphatic carbocycles. The van der Waals surface area contributed by atoms with E-state index in [2.05, 4.69) is 195 Å². The summed E-state index contributed by atoms with van der Waals surface area (Å²) in [6.45, 7) is 6.79. The van der Waals surface area contributed by atoms with Crippen molar-refractivity contribution >= 4 is 33.2 Å². The highest BCUT2D eigenvalue weighted by atomic mass is 15.1. The van der Waals surface area contributed by atoms with Crippen molar-refractivity contribution in [1.82, 2.24) is 4.57 Å². The van der Waals surface area contributed by atoms with Crippen LogP contribution < -0.4 is 4.90 Å². The van der Waals surface area contributed by atoms with E-state index in [4.69, 9.17) is 0 Å². The molecule has 1 heterocycles. The number of aromatic nitrogens is 1. The van der Waals surface area contributed by atoms with Crippen LogP contribution in [0.25, 0.3) is 60.9 Å². The zero-order valence-corrected chi connectivity index (χ0v) is 35.5. The second-order valence-corrected chi connectivity index (χ2v) is 17.1. The number of rotatable bonds is 15. The van der Waals surface area contributed by atoms with Crippen LogP contribution in [0.4, 0.5) is 11.4 Å². The van der Waals surface area contributed by atoms with E-state index in [1.165, 1.54) is 142 Å². The second-order valence-electron chi connectivity index (χ2n) is 17.1. The molecule has 2 nitrogen and oxygen atoms in total. The van der Waals surface area contributed by atoms with Gasteiger partial charge in [0.15, 0.2) is 0 Å². The van der Waals surface area contributed by atoms with Gasteiger partial charge in [-0.3, -0.25) is 0 Å². The van der Waals surface area contributed by atoms with Crippen molar-refractivity contribution in [2.75, 3.05) is 11.9 Å². The minimum Gasteiger partial charge on any atom is -0.345 e. The van der Waals surface area contributed by atoms with E-state index in [9.17, 15) is 0 Å². The molecule has 0 amide bonds. The van der Waals surface area contributed by atoms with Crippen molar-refractivity contribution in [2.45, 2.75) is 90.4 Å². The Bertz CT molecular complexity index is 2690. The molecule has 0 saturated carbocycles. The van der Waals surface area contributed by atoms with Crippen LogP contribution in [0.2, 0.25) is 0 Å². The molecule has 7 aromatic carbocycles. The molecule has 0 saturated heterocycles. The first kappa shape index (κ1) is 38.6. The number of hydrogen-bond acceptors (Lipinski definition) is 1. The maximum absolute atomic E-state index is 2.55. The van der Waals surface area contributed by atoms with Crippen molar-refractivity contribution in [3.05, 3.63) is 174 Å². The lowest BCUT2D eigenvalue weighted by molar-refractivity contribution is 0.401. The van der Waals surface area contributed by atoms with Gasteiger partial charge in [-0.05, 0) is 125 Å². The molecule has 0 aliphatic heterocycles. The molecule has 8 aromatic rings. The Morgan fingerprint density at radius 2 is 0.983 bits per heavy atom. The third-order valence-corrected chi connectivity index (χ3v) is 13.3. The van der Waals surface area contributed by atoms with Crippen molar-refractivity contribution in [2.24, 2.45) is 0 Å². The van der Waals surface area contributed by atoms with Crippen molar-refractivity contribution in [3.8, 4) is 39.1 Å². The largest absolute Gasteiger partial charge is 0.345 e. The van der Waals surface area contributed by atoms with Gasteiger partial charge < -0.3 is 9.47 Å². The fraction of sp³-hybridized carbons (Fsp3) is 0.263. The van der Waals surface area contributed by atoms with Crippen LogP contribution in [0.5, 0.6) is 0 Å². The van der Waals surface area contributed by atoms with Crippen molar-refractivity contribution in [3.63, 3.8) is 0 Å². The molecule has 0 atom stereocenters. The summed E-state index contributed by atoms with van der Waals surface area (Å²) in [5.74, 6) is 0. The summed E-state index contributed by atoms with van der Waals surface area (Å²) in [4.78, 5) is 2.38. The Balaban J connectivity index is 1.06. The quantitative estimate of drug-likeness (QED) is 0.0943. The summed E-state index contributed by atoms with van der Waals surface area (Å²) < 4.78 is 2.41. The molecule has 1 aromatic heterocycles. The van der Waals surface area contributed by atoms with Gasteiger partial charge in [0.25, 0.3) is 0 Å². The van der Waals surface area contributed by atoms with E-state index in [0.717, 1.165) is 0 Å². The van der Waals surface area contributed by atoms with Crippen molar-refractivity contribution < 1.29 is 0 Å². The molecule has 0 spiro atoms. The van der Waals surface area contributed by atoms with Gasteiger partial charge >= 0.3 is 0 Å². The number of hydrogen-bond donors (Lipinski definition) is 0. The third-order valence-electron chi connectivity index (χ3n) is 13.3. The predicted octanol–water partition coefficient (Wildman–Crippen LogP) is 16.4. The van der Waals surface area contributed by atoms with E-state index < -0.39 is 0 Å². The lowest BCUT2D eigenvalue weighted by Gasteiger charge is -2.33. The van der Waals surface area contributed by atoms with Crippen LogP contribution in [0, 0.1) is 6.92 Å². The lowest BCUT2D eigenvalue weighted by atomic mass is 9.70. The highest BCUT2D eigenvalue weighted by Gasteiger charge is 2.42. The SMILES string of the molecule is CCCCCCC1(CCCCCC)c2ccccc2-c2ccc(N(C)c3ccc(-c4ccc5c(c4)c4cc(-c6ccc(C)cc6)ccc4n5-c4ccccc4)cc3)cc21. The van der Waals surface area contributed by atoms with Crippen LogP contribution in [0.1, 0.15) is 94.7 Å². The van der Waals surface area contributed by atoms with E-state index in [-0.39, 0.29) is 5.41 Å². The Morgan fingerprint density at radius 1 is 0.458 bits per heavy atom. The van der Waals surface area contributed by atoms with E-state index >= 15 is 0 Å². The van der Waals surface area contributed by atoms with Gasteiger partial charge in [-0.15, -0.1) is 0 Å². The maximum atomic E-state index is 2.55. The molecule has 296 valence electrons. The standard InChI is InChI=1S/C57H58N2/c1-5-7-9-16-36-57(37-17-10-8-6-2)53-21-15-14-20-49(53)50-33-32-48(40-54(50)57)58(4)46-30-26-43(27-31-46)45-29-35-56-52(39-45)51-38-44(42-24-22-41(3)23-25-42)28-34-55(51)59(56)47-18-12-11-13-19-47/h11-15,18-35,38-40H,5-10,16-17,36-37H2,1-4H3. The zero-order valence-electron chi connectivity index (χ0n) is 35.5. The molecule has 0 N–H and O–H groups in total. The number of aryl methyl sites for hydroxylation is 1. The summed E-state index contributed by atoms with van der Waals surface area (Å²) in [5.41, 5.74) is 18.4. The minimum atomic E-state index is 0.0806. The van der Waals surface area contributed by atoms with Gasteiger partial charge in [0, 0.05) is 40.3 Å². The topological polar surface area (TPSA) is 8.17 Å². The third kappa shape index (κ3) is 7.28. The number of nitrogens with zero attached hydrogens (tertiary/aromatic N) is 2. The summed E-state index contributed by atoms with van der Waals surface area (Å²) in [6, 6.07) is 59.4. The van der Waals surface area contributed by atoms with E-state index in [0.29, 0.717) is 0 Å². The number of anilines is 2. The van der Waals surface area contributed by atoms with Gasteiger partial charge in [-0.1, -0.05) is 168 Å². The molecule has 9 rings (SSSR count). The fourth-order valence-corrected chi connectivity index (χ4v) is 10.0. The number of para-hydroxylation sites is 1. The average molecular weight is 771 g/mol. The Kier molecular flexibility index (Phi) is 11.0. The summed E-state index contributed by atoms with van der Waals surface area (Å²) in [7, 11) is 2.24. The van der Waals surface area contributed by atoms with Crippen LogP contribution in [0.15, 0.2) is 158 Å². The molecule has 2 heteroatoms. The van der Waals surface area contributed by atoms with E-state index in [1.807, 2.05) is 0 Å². The van der Waals surface area contributed by atoms with Crippen molar-refractivity contribution in [1.29, 1.82) is 0 Å². The number of benzene rings is 7. The zero-order chi connectivity index (χ0) is 40.3. The summed E-state index contributed by atoms with van der Waals surface area (Å²) in [5, 5.41) is 2.54. The maximum Gasteiger partial charge on any atom is 0.0541 e. The first-order chi connectivity index (χ1) is 29.0. The fourth-order valence-electron chi connectivity index (χ4n) is 10.0. The minimum absolute atomic E-state index is 0.0806. The van der Waals surface area contributed by atoms with Gasteiger partial charge in [0.1, 0.15) is 0 Å². The highest BCUT2D eigenvalue weighted by Crippen LogP contribution is 2.55. The van der Waals surface area contributed by atoms with Crippen LogP contribution in [0.3, 0.4) is 0 Å². The van der Waals surface area contributed by atoms with Crippen LogP contribution in [-0.4, -0.2) is 11.6 Å². The van der Waals surface area contributed by atoms with Gasteiger partial charge in [-0.2, -0.15) is 0 Å². The first-order valence-electron chi connectivity index (χ1n) is 22.3. The first-order valence-corrected chi connectivity index (χ1v) is 22.3. The smallest absolute Gasteiger partial charge is 0.0541 e. The van der Waals surface area contributed by atoms with Crippen LogP contribution in [-0.2, 0) is 5.41 Å². The Hall–Kier alpha value is -5.86. The normalized spacial score (nSPS) is 12.9. The molecular formula is C57H58N2. The van der Waals surface area contributed by atoms with Gasteiger partial charge in [0.05, 0.1) is 11.0 Å². The number of fused-ring (bicyclic) bond motifs is 6. The van der Waals surface area contributed by atoms with Gasteiger partial charge in [0.2, 0.25) is 0 Å². The summed E-state index contributed by atoms with van der Waals surface area (Å²) >= 11 is 0. The van der Waals surface area contributed by atoms with E-state index in [1.54, 1.807) is 11.1 Å². The lowest BCUT2D eigenvalue weighted by Crippen LogP contribution is -2.26.